The van der Waals surface area contributed by atoms with E-state index in [1.807, 2.05) is 51.1 Å². The number of aliphatic hydroxyl groups is 1. The normalized spacial score (nSPS) is 29.4. The molecule has 6 atom stereocenters. The Morgan fingerprint density at radius 3 is 2.55 bits per heavy atom. The first-order valence-corrected chi connectivity index (χ1v) is 14.6. The third-order valence-electron chi connectivity index (χ3n) is 9.05. The van der Waals surface area contributed by atoms with Crippen molar-refractivity contribution in [1.82, 2.24) is 9.80 Å². The molecule has 0 aromatic heterocycles. The molecule has 1 aromatic rings. The quantitative estimate of drug-likeness (QED) is 0.215. The van der Waals surface area contributed by atoms with Gasteiger partial charge < -0.3 is 24.4 Å². The van der Waals surface area contributed by atoms with Crippen LogP contribution in [0, 0.1) is 11.8 Å². The Bertz CT molecular complexity index is 1110. The number of carbonyl (C=O) groups is 3. The van der Waals surface area contributed by atoms with Crippen LogP contribution in [-0.4, -0.2) is 81.8 Å². The smallest absolute Gasteiger partial charge is 0.312 e. The van der Waals surface area contributed by atoms with Crippen LogP contribution in [0.15, 0.2) is 55.6 Å². The van der Waals surface area contributed by atoms with Crippen molar-refractivity contribution in [1.29, 1.82) is 0 Å². The number of allylic oxidation sites excluding steroid dienone is 1. The molecule has 2 unspecified atom stereocenters. The second-order valence-corrected chi connectivity index (χ2v) is 11.6. The van der Waals surface area contributed by atoms with Crippen LogP contribution >= 0.6 is 0 Å². The lowest BCUT2D eigenvalue weighted by Crippen LogP contribution is -2.60. The average molecular weight is 553 g/mol. The maximum absolute atomic E-state index is 14.5. The first-order valence-electron chi connectivity index (χ1n) is 14.6. The SMILES string of the molecule is C=CCCCOC(=O)[C@@H]1[C@H]2C(=O)N([C@@H](CO)Cc3ccccc3)C(C(=O)N(CC=C)C(C)C)C23CC[C@@]1(CC)O3. The highest BCUT2D eigenvalue weighted by Gasteiger charge is 2.79. The molecule has 1 aromatic carbocycles. The summed E-state index contributed by atoms with van der Waals surface area (Å²) in [5.41, 5.74) is -1.10. The van der Waals surface area contributed by atoms with Gasteiger partial charge in [-0.2, -0.15) is 0 Å². The molecule has 8 nitrogen and oxygen atoms in total. The monoisotopic (exact) mass is 552 g/mol. The summed E-state index contributed by atoms with van der Waals surface area (Å²) < 4.78 is 12.5. The predicted molar refractivity (Wildman–Crippen MR) is 152 cm³/mol. The number of benzene rings is 1. The van der Waals surface area contributed by atoms with Crippen LogP contribution in [0.4, 0.5) is 0 Å². The molecule has 8 heteroatoms. The van der Waals surface area contributed by atoms with Crippen molar-refractivity contribution in [3.8, 4) is 0 Å². The van der Waals surface area contributed by atoms with E-state index in [4.69, 9.17) is 9.47 Å². The number of carbonyl (C=O) groups excluding carboxylic acids is 3. The van der Waals surface area contributed by atoms with Gasteiger partial charge in [0.25, 0.3) is 0 Å². The van der Waals surface area contributed by atoms with Gasteiger partial charge in [0.1, 0.15) is 17.6 Å². The largest absolute Gasteiger partial charge is 0.465 e. The predicted octanol–water partition coefficient (Wildman–Crippen LogP) is 3.68. The lowest BCUT2D eigenvalue weighted by molar-refractivity contribution is -0.164. The van der Waals surface area contributed by atoms with Crippen LogP contribution < -0.4 is 0 Å². The number of unbranched alkanes of at least 4 members (excludes halogenated alkanes) is 1. The minimum absolute atomic E-state index is 0.149. The number of nitrogens with zero attached hydrogens (tertiary/aromatic N) is 2. The zero-order valence-electron chi connectivity index (χ0n) is 24.1. The number of fused-ring (bicyclic) bond motifs is 1. The number of esters is 1. The van der Waals surface area contributed by atoms with Crippen LogP contribution in [-0.2, 0) is 30.3 Å². The summed E-state index contributed by atoms with van der Waals surface area (Å²) in [5.74, 6) is -2.69. The molecule has 3 aliphatic rings. The van der Waals surface area contributed by atoms with Gasteiger partial charge >= 0.3 is 5.97 Å². The summed E-state index contributed by atoms with van der Waals surface area (Å²) in [7, 11) is 0. The average Bonchev–Trinajstić information content (AvgIpc) is 3.56. The van der Waals surface area contributed by atoms with Crippen LogP contribution in [0.3, 0.4) is 0 Å². The molecule has 0 saturated carbocycles. The van der Waals surface area contributed by atoms with E-state index in [-0.39, 0.29) is 31.1 Å². The number of likely N-dealkylation sites (tertiary alicyclic amines) is 1. The molecule has 4 rings (SSSR count). The van der Waals surface area contributed by atoms with E-state index in [2.05, 4.69) is 13.2 Å². The highest BCUT2D eigenvalue weighted by atomic mass is 16.6. The Hall–Kier alpha value is -2.97. The molecule has 218 valence electrons. The molecule has 3 saturated heterocycles. The molecular formula is C32H44N2O6. The van der Waals surface area contributed by atoms with E-state index >= 15 is 0 Å². The van der Waals surface area contributed by atoms with Gasteiger partial charge in [0.05, 0.1) is 30.8 Å². The number of hydrogen-bond acceptors (Lipinski definition) is 6. The number of ether oxygens (including phenoxy) is 2. The van der Waals surface area contributed by atoms with Crippen LogP contribution in [0.5, 0.6) is 0 Å². The molecule has 3 heterocycles. The molecule has 0 aliphatic carbocycles. The summed E-state index contributed by atoms with van der Waals surface area (Å²) >= 11 is 0. The summed E-state index contributed by atoms with van der Waals surface area (Å²) in [6, 6.07) is 7.82. The third-order valence-corrected chi connectivity index (χ3v) is 9.05. The van der Waals surface area contributed by atoms with Gasteiger partial charge in [-0.25, -0.2) is 0 Å². The molecule has 2 bridgehead atoms. The maximum Gasteiger partial charge on any atom is 0.312 e. The van der Waals surface area contributed by atoms with Gasteiger partial charge in [-0.3, -0.25) is 14.4 Å². The summed E-state index contributed by atoms with van der Waals surface area (Å²) in [5, 5.41) is 10.6. The minimum Gasteiger partial charge on any atom is -0.465 e. The Kier molecular flexibility index (Phi) is 9.20. The van der Waals surface area contributed by atoms with E-state index in [1.165, 1.54) is 0 Å². The fourth-order valence-corrected chi connectivity index (χ4v) is 7.17. The van der Waals surface area contributed by atoms with Crippen molar-refractivity contribution in [3.05, 3.63) is 61.2 Å². The van der Waals surface area contributed by atoms with Gasteiger partial charge in [0.2, 0.25) is 11.8 Å². The highest BCUT2D eigenvalue weighted by molar-refractivity contribution is 5.99. The van der Waals surface area contributed by atoms with Crippen molar-refractivity contribution >= 4 is 17.8 Å². The highest BCUT2D eigenvalue weighted by Crippen LogP contribution is 2.65. The van der Waals surface area contributed by atoms with Crippen molar-refractivity contribution in [3.63, 3.8) is 0 Å². The van der Waals surface area contributed by atoms with Gasteiger partial charge in [0, 0.05) is 12.6 Å². The summed E-state index contributed by atoms with van der Waals surface area (Å²) in [6.45, 7) is 13.6. The van der Waals surface area contributed by atoms with Crippen LogP contribution in [0.2, 0.25) is 0 Å². The standard InChI is InChI=1S/C32H44N2O6/c1-6-9-13-19-39-30(38)26-25-28(36)34(24(21-35)20-23-14-11-10-12-15-23)27(29(37)33(18-7-2)22(4)5)32(25)17-16-31(26,8-3)40-32/h6-7,10-12,14-15,22,24-27,35H,1-2,8-9,13,16-21H2,3-5H3/t24-,25+,26+,27?,31-,32?/m1/s1. The lowest BCUT2D eigenvalue weighted by atomic mass is 9.65. The summed E-state index contributed by atoms with van der Waals surface area (Å²) in [4.78, 5) is 45.8. The summed E-state index contributed by atoms with van der Waals surface area (Å²) in [6.07, 6.45) is 6.75. The maximum atomic E-state index is 14.5. The molecule has 2 amide bonds. The van der Waals surface area contributed by atoms with Crippen molar-refractivity contribution in [2.75, 3.05) is 19.8 Å². The molecule has 40 heavy (non-hydrogen) atoms. The number of rotatable bonds is 14. The topological polar surface area (TPSA) is 96.4 Å². The lowest BCUT2D eigenvalue weighted by Gasteiger charge is -2.40. The first-order chi connectivity index (χ1) is 19.2. The number of hydrogen-bond donors (Lipinski definition) is 1. The number of amides is 2. The second-order valence-electron chi connectivity index (χ2n) is 11.6. The van der Waals surface area contributed by atoms with E-state index in [1.54, 1.807) is 22.0 Å². The number of aliphatic hydroxyl groups excluding tert-OH is 1. The van der Waals surface area contributed by atoms with Crippen molar-refractivity contribution in [2.45, 2.75) is 88.6 Å². The first kappa shape index (κ1) is 30.0. The van der Waals surface area contributed by atoms with Crippen molar-refractivity contribution < 1.29 is 29.0 Å². The van der Waals surface area contributed by atoms with Gasteiger partial charge in [0.15, 0.2) is 0 Å². The van der Waals surface area contributed by atoms with E-state index in [9.17, 15) is 19.5 Å². The third kappa shape index (κ3) is 5.00. The van der Waals surface area contributed by atoms with Gasteiger partial charge in [-0.15, -0.1) is 13.2 Å². The minimum atomic E-state index is -1.17. The molecule has 3 fully saturated rings. The van der Waals surface area contributed by atoms with E-state index < -0.39 is 41.1 Å². The van der Waals surface area contributed by atoms with Crippen LogP contribution in [0.25, 0.3) is 0 Å². The Morgan fingerprint density at radius 1 is 1.23 bits per heavy atom. The zero-order chi connectivity index (χ0) is 29.1. The van der Waals surface area contributed by atoms with E-state index in [0.717, 1.165) is 12.0 Å². The zero-order valence-corrected chi connectivity index (χ0v) is 24.1. The Labute approximate surface area is 238 Å². The molecule has 1 N–H and O–H groups in total. The van der Waals surface area contributed by atoms with E-state index in [0.29, 0.717) is 38.6 Å². The molecule has 1 spiro atoms. The van der Waals surface area contributed by atoms with Crippen molar-refractivity contribution in [2.24, 2.45) is 11.8 Å². The molecular weight excluding hydrogens is 508 g/mol. The fourth-order valence-electron chi connectivity index (χ4n) is 7.17. The molecule has 0 radical (unpaired) electrons. The fraction of sp³-hybridized carbons (Fsp3) is 0.594. The van der Waals surface area contributed by atoms with Crippen LogP contribution in [0.1, 0.15) is 58.4 Å². The molecule has 3 aliphatic heterocycles. The Morgan fingerprint density at radius 2 is 1.95 bits per heavy atom. The second kappa shape index (κ2) is 12.3. The Balaban J connectivity index is 1.79. The van der Waals surface area contributed by atoms with Gasteiger partial charge in [-0.05, 0) is 57.9 Å². The van der Waals surface area contributed by atoms with Gasteiger partial charge in [-0.1, -0.05) is 49.4 Å².